The Kier molecular flexibility index (Phi) is 7.62. The van der Waals surface area contributed by atoms with Crippen LogP contribution in [0.25, 0.3) is 0 Å². The molecule has 1 amide bonds. The standard InChI is InChI=1S/C14H22N2O3/c1-12-4-3-5-13(10-12)19-9-7-16-14(17)11-15-6-8-18-2/h3-5,10,15H,6-9,11H2,1-2H3,(H,16,17). The van der Waals surface area contributed by atoms with Gasteiger partial charge in [0.15, 0.2) is 0 Å². The maximum atomic E-state index is 11.4. The minimum absolute atomic E-state index is 0.0380. The van der Waals surface area contributed by atoms with E-state index in [4.69, 9.17) is 9.47 Å². The Labute approximate surface area is 114 Å². The van der Waals surface area contributed by atoms with Crippen LogP contribution in [-0.4, -0.2) is 45.9 Å². The monoisotopic (exact) mass is 266 g/mol. The van der Waals surface area contributed by atoms with Crippen molar-refractivity contribution >= 4 is 5.91 Å². The van der Waals surface area contributed by atoms with Gasteiger partial charge < -0.3 is 20.1 Å². The summed E-state index contributed by atoms with van der Waals surface area (Å²) in [5.41, 5.74) is 1.16. The molecule has 5 nitrogen and oxygen atoms in total. The number of methoxy groups -OCH3 is 1. The van der Waals surface area contributed by atoms with Gasteiger partial charge in [-0.05, 0) is 24.6 Å². The van der Waals surface area contributed by atoms with E-state index in [9.17, 15) is 4.79 Å². The number of carbonyl (C=O) groups is 1. The molecule has 5 heteroatoms. The predicted molar refractivity (Wildman–Crippen MR) is 74.4 cm³/mol. The molecule has 0 aromatic heterocycles. The molecule has 0 unspecified atom stereocenters. The highest BCUT2D eigenvalue weighted by Gasteiger charge is 1.99. The molecule has 19 heavy (non-hydrogen) atoms. The number of hydrogen-bond acceptors (Lipinski definition) is 4. The zero-order valence-electron chi connectivity index (χ0n) is 11.6. The lowest BCUT2D eigenvalue weighted by molar-refractivity contribution is -0.120. The molecule has 0 saturated heterocycles. The molecule has 0 radical (unpaired) electrons. The van der Waals surface area contributed by atoms with Gasteiger partial charge in [-0.15, -0.1) is 0 Å². The molecular weight excluding hydrogens is 244 g/mol. The van der Waals surface area contributed by atoms with Gasteiger partial charge in [0.2, 0.25) is 5.91 Å². The molecule has 106 valence electrons. The molecule has 0 aliphatic carbocycles. The molecule has 0 saturated carbocycles. The van der Waals surface area contributed by atoms with Crippen molar-refractivity contribution in [3.63, 3.8) is 0 Å². The van der Waals surface area contributed by atoms with Crippen LogP contribution in [0.1, 0.15) is 5.56 Å². The Bertz CT molecular complexity index is 383. The largest absolute Gasteiger partial charge is 0.492 e. The van der Waals surface area contributed by atoms with Crippen molar-refractivity contribution in [3.8, 4) is 5.75 Å². The van der Waals surface area contributed by atoms with Crippen molar-refractivity contribution in [3.05, 3.63) is 29.8 Å². The van der Waals surface area contributed by atoms with E-state index in [1.54, 1.807) is 7.11 Å². The van der Waals surface area contributed by atoms with Crippen molar-refractivity contribution < 1.29 is 14.3 Å². The summed E-state index contributed by atoms with van der Waals surface area (Å²) >= 11 is 0. The van der Waals surface area contributed by atoms with Crippen LogP contribution in [-0.2, 0) is 9.53 Å². The van der Waals surface area contributed by atoms with Gasteiger partial charge in [-0.25, -0.2) is 0 Å². The second-order valence-electron chi connectivity index (χ2n) is 4.18. The maximum absolute atomic E-state index is 11.4. The molecular formula is C14H22N2O3. The van der Waals surface area contributed by atoms with E-state index in [1.807, 2.05) is 31.2 Å². The fourth-order valence-electron chi connectivity index (χ4n) is 1.50. The summed E-state index contributed by atoms with van der Waals surface area (Å²) in [5.74, 6) is 0.788. The Morgan fingerprint density at radius 3 is 2.84 bits per heavy atom. The lowest BCUT2D eigenvalue weighted by Gasteiger charge is -2.08. The van der Waals surface area contributed by atoms with E-state index in [0.29, 0.717) is 32.8 Å². The molecule has 0 spiro atoms. The minimum Gasteiger partial charge on any atom is -0.492 e. The number of aryl methyl sites for hydroxylation is 1. The first kappa shape index (κ1) is 15.5. The molecule has 0 aliphatic heterocycles. The van der Waals surface area contributed by atoms with E-state index < -0.39 is 0 Å². The van der Waals surface area contributed by atoms with Crippen molar-refractivity contribution in [2.75, 3.05) is 40.0 Å². The average molecular weight is 266 g/mol. The number of carbonyl (C=O) groups excluding carboxylic acids is 1. The van der Waals surface area contributed by atoms with E-state index in [-0.39, 0.29) is 5.91 Å². The van der Waals surface area contributed by atoms with Gasteiger partial charge in [0.25, 0.3) is 0 Å². The van der Waals surface area contributed by atoms with Crippen LogP contribution in [0.3, 0.4) is 0 Å². The maximum Gasteiger partial charge on any atom is 0.234 e. The van der Waals surface area contributed by atoms with E-state index in [2.05, 4.69) is 10.6 Å². The van der Waals surface area contributed by atoms with Crippen LogP contribution in [0.5, 0.6) is 5.75 Å². The van der Waals surface area contributed by atoms with Crippen molar-refractivity contribution in [1.29, 1.82) is 0 Å². The molecule has 0 aliphatic rings. The van der Waals surface area contributed by atoms with Crippen molar-refractivity contribution in [2.24, 2.45) is 0 Å². The van der Waals surface area contributed by atoms with Crippen molar-refractivity contribution in [2.45, 2.75) is 6.92 Å². The lowest BCUT2D eigenvalue weighted by atomic mass is 10.2. The normalized spacial score (nSPS) is 10.2. The Balaban J connectivity index is 2.05. The zero-order valence-corrected chi connectivity index (χ0v) is 11.6. The Hall–Kier alpha value is -1.59. The minimum atomic E-state index is -0.0380. The molecule has 0 fully saturated rings. The predicted octanol–water partition coefficient (Wildman–Crippen LogP) is 0.726. The summed E-state index contributed by atoms with van der Waals surface area (Å²) in [6.45, 7) is 4.55. The molecule has 1 aromatic rings. The molecule has 1 rings (SSSR count). The van der Waals surface area contributed by atoms with Gasteiger partial charge in [-0.1, -0.05) is 12.1 Å². The van der Waals surface area contributed by atoms with Crippen molar-refractivity contribution in [1.82, 2.24) is 10.6 Å². The van der Waals surface area contributed by atoms with Gasteiger partial charge in [0.1, 0.15) is 12.4 Å². The Morgan fingerprint density at radius 2 is 2.11 bits per heavy atom. The third kappa shape index (κ3) is 7.43. The smallest absolute Gasteiger partial charge is 0.234 e. The van der Waals surface area contributed by atoms with Gasteiger partial charge in [-0.2, -0.15) is 0 Å². The number of nitrogens with one attached hydrogen (secondary N) is 2. The first-order chi connectivity index (χ1) is 9.22. The lowest BCUT2D eigenvalue weighted by Crippen LogP contribution is -2.37. The number of rotatable bonds is 9. The first-order valence-electron chi connectivity index (χ1n) is 6.38. The highest BCUT2D eigenvalue weighted by Crippen LogP contribution is 2.11. The van der Waals surface area contributed by atoms with E-state index in [1.165, 1.54) is 0 Å². The summed E-state index contributed by atoms with van der Waals surface area (Å²) in [6, 6.07) is 7.83. The van der Waals surface area contributed by atoms with E-state index in [0.717, 1.165) is 11.3 Å². The topological polar surface area (TPSA) is 59.6 Å². The van der Waals surface area contributed by atoms with Crippen LogP contribution in [0.4, 0.5) is 0 Å². The number of amides is 1. The number of benzene rings is 1. The highest BCUT2D eigenvalue weighted by molar-refractivity contribution is 5.77. The molecule has 0 atom stereocenters. The fraction of sp³-hybridized carbons (Fsp3) is 0.500. The average Bonchev–Trinajstić information content (AvgIpc) is 2.40. The molecule has 2 N–H and O–H groups in total. The van der Waals surface area contributed by atoms with Crippen LogP contribution in [0.2, 0.25) is 0 Å². The highest BCUT2D eigenvalue weighted by atomic mass is 16.5. The van der Waals surface area contributed by atoms with Crippen LogP contribution >= 0.6 is 0 Å². The summed E-state index contributed by atoms with van der Waals surface area (Å²) in [6.07, 6.45) is 0. The molecule has 0 bridgehead atoms. The summed E-state index contributed by atoms with van der Waals surface area (Å²) in [5, 5.41) is 5.75. The Morgan fingerprint density at radius 1 is 1.26 bits per heavy atom. The SMILES string of the molecule is COCCNCC(=O)NCCOc1cccc(C)c1. The zero-order chi connectivity index (χ0) is 13.9. The molecule has 1 aromatic carbocycles. The quantitative estimate of drug-likeness (QED) is 0.647. The van der Waals surface area contributed by atoms with E-state index >= 15 is 0 Å². The first-order valence-corrected chi connectivity index (χ1v) is 6.38. The van der Waals surface area contributed by atoms with Crippen LogP contribution in [0, 0.1) is 6.92 Å². The second kappa shape index (κ2) is 9.35. The summed E-state index contributed by atoms with van der Waals surface area (Å²) < 4.78 is 10.4. The third-order valence-electron chi connectivity index (χ3n) is 2.45. The van der Waals surface area contributed by atoms with Crippen LogP contribution in [0.15, 0.2) is 24.3 Å². The van der Waals surface area contributed by atoms with Crippen LogP contribution < -0.4 is 15.4 Å². The summed E-state index contributed by atoms with van der Waals surface area (Å²) in [4.78, 5) is 11.4. The van der Waals surface area contributed by atoms with Gasteiger partial charge in [0, 0.05) is 13.7 Å². The summed E-state index contributed by atoms with van der Waals surface area (Å²) in [7, 11) is 1.63. The third-order valence-corrected chi connectivity index (χ3v) is 2.45. The molecule has 0 heterocycles. The van der Waals surface area contributed by atoms with Gasteiger partial charge in [0.05, 0.1) is 19.7 Å². The fourth-order valence-corrected chi connectivity index (χ4v) is 1.50. The number of ether oxygens (including phenoxy) is 2. The van der Waals surface area contributed by atoms with Gasteiger partial charge in [-0.3, -0.25) is 4.79 Å². The van der Waals surface area contributed by atoms with Gasteiger partial charge >= 0.3 is 0 Å². The number of hydrogen-bond donors (Lipinski definition) is 2. The second-order valence-corrected chi connectivity index (χ2v) is 4.18.